The minimum atomic E-state index is -2.96. The Labute approximate surface area is 163 Å². The van der Waals surface area contributed by atoms with Crippen LogP contribution in [0.1, 0.15) is 25.6 Å². The van der Waals surface area contributed by atoms with Gasteiger partial charge in [0.2, 0.25) is 0 Å². The molecular formula is C20H15F2NO4S. The van der Waals surface area contributed by atoms with Gasteiger partial charge in [-0.05, 0) is 41.8 Å². The summed E-state index contributed by atoms with van der Waals surface area (Å²) in [6, 6.07) is 15.8. The molecule has 0 saturated heterocycles. The number of alkyl halides is 2. The third-order valence-electron chi connectivity index (χ3n) is 3.67. The van der Waals surface area contributed by atoms with Crippen LogP contribution in [0.4, 0.5) is 14.5 Å². The summed E-state index contributed by atoms with van der Waals surface area (Å²) in [6.07, 6.45) is 0. The van der Waals surface area contributed by atoms with Gasteiger partial charge in [0.1, 0.15) is 12.4 Å². The molecule has 0 saturated carbocycles. The highest BCUT2D eigenvalue weighted by Gasteiger charge is 2.13. The minimum absolute atomic E-state index is 0.0445. The minimum Gasteiger partial charge on any atom is -0.457 e. The van der Waals surface area contributed by atoms with E-state index in [0.717, 1.165) is 0 Å². The number of para-hydroxylation sites is 1. The highest BCUT2D eigenvalue weighted by atomic mass is 32.1. The molecule has 0 aliphatic rings. The molecule has 0 aliphatic heterocycles. The number of hydrogen-bond donors (Lipinski definition) is 1. The van der Waals surface area contributed by atoms with Crippen molar-refractivity contribution in [2.45, 2.75) is 13.2 Å². The Morgan fingerprint density at radius 1 is 1.00 bits per heavy atom. The van der Waals surface area contributed by atoms with Gasteiger partial charge >= 0.3 is 12.6 Å². The van der Waals surface area contributed by atoms with Crippen LogP contribution in [0.15, 0.2) is 66.0 Å². The number of thiophene rings is 1. The van der Waals surface area contributed by atoms with E-state index in [1.165, 1.54) is 35.6 Å². The largest absolute Gasteiger partial charge is 0.457 e. The van der Waals surface area contributed by atoms with E-state index in [1.807, 2.05) is 0 Å². The van der Waals surface area contributed by atoms with E-state index in [2.05, 4.69) is 10.1 Å². The van der Waals surface area contributed by atoms with Crippen molar-refractivity contribution >= 4 is 28.9 Å². The van der Waals surface area contributed by atoms with Crippen molar-refractivity contribution in [1.29, 1.82) is 0 Å². The fourth-order valence-electron chi connectivity index (χ4n) is 2.35. The first-order valence-electron chi connectivity index (χ1n) is 8.17. The summed E-state index contributed by atoms with van der Waals surface area (Å²) in [5.74, 6) is -0.902. The molecule has 1 heterocycles. The Morgan fingerprint density at radius 2 is 1.75 bits per heavy atom. The Morgan fingerprint density at radius 3 is 2.43 bits per heavy atom. The summed E-state index contributed by atoms with van der Waals surface area (Å²) < 4.78 is 34.4. The molecule has 0 radical (unpaired) electrons. The van der Waals surface area contributed by atoms with Gasteiger partial charge in [0.15, 0.2) is 0 Å². The maximum Gasteiger partial charge on any atom is 0.387 e. The average molecular weight is 403 g/mol. The zero-order chi connectivity index (χ0) is 19.9. The van der Waals surface area contributed by atoms with Crippen molar-refractivity contribution in [3.05, 3.63) is 82.0 Å². The number of anilines is 1. The zero-order valence-electron chi connectivity index (χ0n) is 14.4. The Balaban J connectivity index is 1.59. The SMILES string of the molecule is O=C(OCc1ccccc1OC(F)F)c1ccc(NC(=O)c2cccs2)cc1. The van der Waals surface area contributed by atoms with Gasteiger partial charge in [-0.2, -0.15) is 8.78 Å². The Hall–Kier alpha value is -3.26. The number of carbonyl (C=O) groups is 2. The second kappa shape index (κ2) is 9.09. The lowest BCUT2D eigenvalue weighted by Crippen LogP contribution is -2.11. The van der Waals surface area contributed by atoms with Gasteiger partial charge in [-0.15, -0.1) is 11.3 Å². The maximum absolute atomic E-state index is 12.4. The summed E-state index contributed by atoms with van der Waals surface area (Å²) in [6.45, 7) is -3.17. The predicted molar refractivity (Wildman–Crippen MR) is 101 cm³/mol. The topological polar surface area (TPSA) is 64.6 Å². The van der Waals surface area contributed by atoms with Gasteiger partial charge in [-0.25, -0.2) is 4.79 Å². The molecule has 0 unspecified atom stereocenters. The third-order valence-corrected chi connectivity index (χ3v) is 4.54. The Kier molecular flexibility index (Phi) is 6.33. The van der Waals surface area contributed by atoms with Gasteiger partial charge in [0.05, 0.1) is 10.4 Å². The monoisotopic (exact) mass is 403 g/mol. The Bertz CT molecular complexity index is 943. The summed E-state index contributed by atoms with van der Waals surface area (Å²) in [4.78, 5) is 24.8. The van der Waals surface area contributed by atoms with Gasteiger partial charge in [0, 0.05) is 11.3 Å². The van der Waals surface area contributed by atoms with E-state index in [1.54, 1.807) is 41.8 Å². The summed E-state index contributed by atoms with van der Waals surface area (Å²) in [5, 5.41) is 4.53. The van der Waals surface area contributed by atoms with Gasteiger partial charge in [-0.1, -0.05) is 24.3 Å². The highest BCUT2D eigenvalue weighted by molar-refractivity contribution is 7.12. The molecule has 1 aromatic heterocycles. The summed E-state index contributed by atoms with van der Waals surface area (Å²) >= 11 is 1.32. The van der Waals surface area contributed by atoms with E-state index in [9.17, 15) is 18.4 Å². The van der Waals surface area contributed by atoms with Crippen LogP contribution >= 0.6 is 11.3 Å². The number of rotatable bonds is 7. The first-order valence-corrected chi connectivity index (χ1v) is 9.05. The van der Waals surface area contributed by atoms with Crippen LogP contribution in [0.2, 0.25) is 0 Å². The first-order chi connectivity index (χ1) is 13.5. The maximum atomic E-state index is 12.4. The van der Waals surface area contributed by atoms with E-state index < -0.39 is 12.6 Å². The van der Waals surface area contributed by atoms with E-state index >= 15 is 0 Å². The molecule has 1 N–H and O–H groups in total. The van der Waals surface area contributed by atoms with E-state index in [4.69, 9.17) is 4.74 Å². The lowest BCUT2D eigenvalue weighted by atomic mass is 10.2. The van der Waals surface area contributed by atoms with Crippen molar-refractivity contribution in [1.82, 2.24) is 0 Å². The smallest absolute Gasteiger partial charge is 0.387 e. The zero-order valence-corrected chi connectivity index (χ0v) is 15.2. The fraction of sp³-hybridized carbons (Fsp3) is 0.100. The molecule has 0 aliphatic carbocycles. The van der Waals surface area contributed by atoms with E-state index in [-0.39, 0.29) is 23.8 Å². The van der Waals surface area contributed by atoms with Crippen LogP contribution in [0.3, 0.4) is 0 Å². The van der Waals surface area contributed by atoms with E-state index in [0.29, 0.717) is 16.1 Å². The molecule has 8 heteroatoms. The summed E-state index contributed by atoms with van der Waals surface area (Å²) in [7, 11) is 0. The van der Waals surface area contributed by atoms with Crippen molar-refractivity contribution in [2.24, 2.45) is 0 Å². The highest BCUT2D eigenvalue weighted by Crippen LogP contribution is 2.22. The molecule has 28 heavy (non-hydrogen) atoms. The van der Waals surface area contributed by atoms with Gasteiger partial charge < -0.3 is 14.8 Å². The molecular weight excluding hydrogens is 388 g/mol. The normalized spacial score (nSPS) is 10.5. The van der Waals surface area contributed by atoms with Crippen LogP contribution in [-0.4, -0.2) is 18.5 Å². The molecule has 3 aromatic rings. The van der Waals surface area contributed by atoms with Crippen LogP contribution in [0.25, 0.3) is 0 Å². The molecule has 1 amide bonds. The van der Waals surface area contributed by atoms with Crippen molar-refractivity contribution in [3.63, 3.8) is 0 Å². The number of benzene rings is 2. The number of halogens is 2. The number of esters is 1. The van der Waals surface area contributed by atoms with Crippen LogP contribution in [-0.2, 0) is 11.3 Å². The molecule has 144 valence electrons. The van der Waals surface area contributed by atoms with Crippen LogP contribution in [0.5, 0.6) is 5.75 Å². The summed E-state index contributed by atoms with van der Waals surface area (Å²) in [5.41, 5.74) is 1.13. The first kappa shape index (κ1) is 19.5. The lowest BCUT2D eigenvalue weighted by Gasteiger charge is -2.11. The van der Waals surface area contributed by atoms with Crippen molar-refractivity contribution in [3.8, 4) is 5.75 Å². The van der Waals surface area contributed by atoms with Crippen LogP contribution < -0.4 is 10.1 Å². The number of hydrogen-bond acceptors (Lipinski definition) is 5. The molecule has 0 spiro atoms. The molecule has 5 nitrogen and oxygen atoms in total. The average Bonchev–Trinajstić information content (AvgIpc) is 3.22. The molecule has 0 atom stereocenters. The van der Waals surface area contributed by atoms with Crippen molar-refractivity contribution in [2.75, 3.05) is 5.32 Å². The lowest BCUT2D eigenvalue weighted by molar-refractivity contribution is -0.0510. The van der Waals surface area contributed by atoms with Crippen LogP contribution in [0, 0.1) is 0 Å². The second-order valence-corrected chi connectivity index (χ2v) is 6.52. The predicted octanol–water partition coefficient (Wildman–Crippen LogP) is 4.96. The number of carbonyl (C=O) groups excluding carboxylic acids is 2. The standard InChI is InChI=1S/C20H15F2NO4S/c21-20(22)27-16-5-2-1-4-14(16)12-26-19(25)13-7-9-15(10-8-13)23-18(24)17-6-3-11-28-17/h1-11,20H,12H2,(H,23,24). The molecule has 2 aromatic carbocycles. The number of nitrogens with one attached hydrogen (secondary N) is 1. The fourth-order valence-corrected chi connectivity index (χ4v) is 2.97. The third kappa shape index (κ3) is 5.14. The van der Waals surface area contributed by atoms with Crippen molar-refractivity contribution < 1.29 is 27.8 Å². The van der Waals surface area contributed by atoms with Gasteiger partial charge in [0.25, 0.3) is 5.91 Å². The number of amides is 1. The quantitative estimate of drug-likeness (QED) is 0.567. The molecule has 0 fully saturated rings. The van der Waals surface area contributed by atoms with Gasteiger partial charge in [-0.3, -0.25) is 4.79 Å². The second-order valence-electron chi connectivity index (χ2n) is 5.57. The molecule has 0 bridgehead atoms. The molecule has 3 rings (SSSR count). The number of ether oxygens (including phenoxy) is 2.